The van der Waals surface area contributed by atoms with Crippen molar-refractivity contribution >= 4 is 16.6 Å². The lowest BCUT2D eigenvalue weighted by molar-refractivity contribution is 0.0180. The normalized spacial score (nSPS) is 28.7. The number of methoxy groups -OCH3 is 1. The molecular weight excluding hydrogens is 669 g/mol. The van der Waals surface area contributed by atoms with Crippen molar-refractivity contribution in [1.29, 1.82) is 0 Å². The first kappa shape index (κ1) is 42.7. The van der Waals surface area contributed by atoms with Crippen LogP contribution in [0.3, 0.4) is 0 Å². The van der Waals surface area contributed by atoms with Gasteiger partial charge in [0.1, 0.15) is 5.75 Å². The van der Waals surface area contributed by atoms with E-state index in [0.717, 1.165) is 62.7 Å². The van der Waals surface area contributed by atoms with E-state index in [1.165, 1.54) is 0 Å². The zero-order chi connectivity index (χ0) is 37.8. The second-order valence-corrected chi connectivity index (χ2v) is 29.0. The predicted octanol–water partition coefficient (Wildman–Crippen LogP) is 10.5. The lowest BCUT2D eigenvalue weighted by Gasteiger charge is -2.40. The third kappa shape index (κ3) is 11.0. The molecule has 8 heteroatoms. The maximum absolute atomic E-state index is 12.3. The second-order valence-electron chi connectivity index (χ2n) is 19.5. The lowest BCUT2D eigenvalue weighted by Crippen LogP contribution is -2.45. The van der Waals surface area contributed by atoms with Crippen LogP contribution in [-0.2, 0) is 20.2 Å². The summed E-state index contributed by atoms with van der Waals surface area (Å²) in [6.07, 6.45) is 13.0. The number of ether oxygens (including phenoxy) is 2. The summed E-state index contributed by atoms with van der Waals surface area (Å²) in [5.41, 5.74) is 1.15. The fraction of sp³-hybridized carbons (Fsp3) is 0.814. The molecule has 0 radical (unpaired) electrons. The summed E-state index contributed by atoms with van der Waals surface area (Å²) in [6.45, 7) is 26.7. The number of aliphatic hydroxyl groups is 2. The van der Waals surface area contributed by atoms with Gasteiger partial charge in [-0.05, 0) is 147 Å². The summed E-state index contributed by atoms with van der Waals surface area (Å²) >= 11 is 0. The first-order chi connectivity index (χ1) is 23.8. The van der Waals surface area contributed by atoms with Crippen LogP contribution in [0, 0.1) is 35.5 Å². The highest BCUT2D eigenvalue weighted by atomic mass is 28.4. The Balaban J connectivity index is 1.51. The van der Waals surface area contributed by atoms with Crippen LogP contribution in [0.15, 0.2) is 36.4 Å². The number of allylic oxidation sites excluding steroid dienone is 2. The molecule has 3 aliphatic carbocycles. The maximum atomic E-state index is 12.3. The maximum Gasteiger partial charge on any atom is 0.192 e. The van der Waals surface area contributed by atoms with Crippen molar-refractivity contribution in [3.05, 3.63) is 42.0 Å². The van der Waals surface area contributed by atoms with Gasteiger partial charge in [-0.2, -0.15) is 0 Å². The Morgan fingerprint density at radius 2 is 1.51 bits per heavy atom. The molecule has 10 atom stereocenters. The third-order valence-electron chi connectivity index (χ3n) is 13.9. The van der Waals surface area contributed by atoms with E-state index in [4.69, 9.17) is 18.3 Å². The highest BCUT2D eigenvalue weighted by molar-refractivity contribution is 6.74. The zero-order valence-corrected chi connectivity index (χ0v) is 36.5. The van der Waals surface area contributed by atoms with Crippen LogP contribution >= 0.6 is 0 Å². The fourth-order valence-corrected chi connectivity index (χ4v) is 11.5. The Hall–Kier alpha value is -1.01. The van der Waals surface area contributed by atoms with Crippen LogP contribution in [0.5, 0.6) is 5.75 Å². The number of rotatable bonds is 18. The molecule has 0 saturated heterocycles. The molecule has 3 aliphatic rings. The van der Waals surface area contributed by atoms with Gasteiger partial charge in [0.25, 0.3) is 0 Å². The minimum atomic E-state index is -2.05. The smallest absolute Gasteiger partial charge is 0.192 e. The molecular formula is C43H76O6Si2. The molecule has 0 amide bonds. The standard InChI is InChI=1S/C43H76O6Si2/c1-13-32(44)15-14-16-34(48-50(9,10)42(2,3)4)27-41(45)40-28-39-36(37(40)23-24-47-29-30-17-20-33(46-8)21-18-30)22-19-31-25-35(26-38(31)39)49-51(11,12)43(5,6)7/h17-22,31-32,34-41,44-45H,13-16,23-29H2,1-12H3/t31-,32+,34+,35-,36+,37+,38-,39-,40-,41+/m1/s1. The molecule has 0 spiro atoms. The van der Waals surface area contributed by atoms with Crippen LogP contribution in [0.2, 0.25) is 36.3 Å². The SMILES string of the molecule is CC[C@H](O)CCC[C@@H](C[C@H](O)[C@@H]1C[C@@H]2[C@@H](C=C[C@@H]3C[C@@H](O[Si](C)(C)C(C)(C)C)C[C@@H]23)[C@@H]1CCOCc1ccc(OC)cc1)O[Si](C)(C)C(C)(C)C. The second kappa shape index (κ2) is 17.6. The summed E-state index contributed by atoms with van der Waals surface area (Å²) in [5, 5.41) is 22.9. The Morgan fingerprint density at radius 1 is 0.843 bits per heavy atom. The predicted molar refractivity (Wildman–Crippen MR) is 216 cm³/mol. The molecule has 0 aliphatic heterocycles. The Morgan fingerprint density at radius 3 is 2.12 bits per heavy atom. The summed E-state index contributed by atoms with van der Waals surface area (Å²) < 4.78 is 25.7. The minimum absolute atomic E-state index is 0.00307. The molecule has 1 aromatic carbocycles. The summed E-state index contributed by atoms with van der Waals surface area (Å²) in [4.78, 5) is 0. The number of hydrogen-bond donors (Lipinski definition) is 2. The molecule has 2 saturated carbocycles. The van der Waals surface area contributed by atoms with Crippen molar-refractivity contribution in [3.63, 3.8) is 0 Å². The van der Waals surface area contributed by atoms with Gasteiger partial charge in [0.15, 0.2) is 16.6 Å². The van der Waals surface area contributed by atoms with Gasteiger partial charge in [-0.25, -0.2) is 0 Å². The number of fused-ring (bicyclic) bond motifs is 3. The molecule has 2 N–H and O–H groups in total. The van der Waals surface area contributed by atoms with E-state index < -0.39 is 22.7 Å². The van der Waals surface area contributed by atoms with E-state index in [1.54, 1.807) is 7.11 Å². The van der Waals surface area contributed by atoms with Gasteiger partial charge in [0.2, 0.25) is 0 Å². The molecule has 292 valence electrons. The van der Waals surface area contributed by atoms with Crippen molar-refractivity contribution < 1.29 is 28.5 Å². The van der Waals surface area contributed by atoms with Crippen LogP contribution in [0.25, 0.3) is 0 Å². The van der Waals surface area contributed by atoms with Crippen LogP contribution in [0.1, 0.15) is 112 Å². The number of hydrogen-bond acceptors (Lipinski definition) is 6. The van der Waals surface area contributed by atoms with E-state index in [1.807, 2.05) is 19.1 Å². The highest BCUT2D eigenvalue weighted by Gasteiger charge is 2.53. The molecule has 0 heterocycles. The monoisotopic (exact) mass is 745 g/mol. The van der Waals surface area contributed by atoms with Gasteiger partial charge in [-0.1, -0.05) is 72.8 Å². The number of aliphatic hydroxyl groups excluding tert-OH is 2. The molecule has 0 unspecified atom stereocenters. The average molecular weight is 745 g/mol. The summed E-state index contributed by atoms with van der Waals surface area (Å²) in [7, 11) is -2.22. The van der Waals surface area contributed by atoms with Crippen molar-refractivity contribution in [3.8, 4) is 5.75 Å². The topological polar surface area (TPSA) is 77.4 Å². The average Bonchev–Trinajstić information content (AvgIpc) is 3.62. The third-order valence-corrected chi connectivity index (χ3v) is 23.0. The molecule has 4 rings (SSSR count). The zero-order valence-electron chi connectivity index (χ0n) is 34.5. The Labute approximate surface area is 314 Å². The summed E-state index contributed by atoms with van der Waals surface area (Å²) in [6, 6.07) is 8.13. The van der Waals surface area contributed by atoms with Gasteiger partial charge in [0, 0.05) is 18.8 Å². The van der Waals surface area contributed by atoms with Crippen molar-refractivity contribution in [2.45, 2.75) is 174 Å². The van der Waals surface area contributed by atoms with E-state index in [9.17, 15) is 10.2 Å². The first-order valence-electron chi connectivity index (χ1n) is 20.4. The van der Waals surface area contributed by atoms with Crippen molar-refractivity contribution in [2.24, 2.45) is 35.5 Å². The Bertz CT molecular complexity index is 1230. The molecule has 6 nitrogen and oxygen atoms in total. The van der Waals surface area contributed by atoms with Crippen LogP contribution in [-0.4, -0.2) is 65.0 Å². The van der Waals surface area contributed by atoms with Gasteiger partial charge in [0.05, 0.1) is 25.9 Å². The Kier molecular flexibility index (Phi) is 14.8. The number of benzene rings is 1. The molecule has 0 aromatic heterocycles. The van der Waals surface area contributed by atoms with Crippen molar-refractivity contribution in [2.75, 3.05) is 13.7 Å². The molecule has 1 aromatic rings. The van der Waals surface area contributed by atoms with Gasteiger partial charge in [-0.3, -0.25) is 0 Å². The first-order valence-corrected chi connectivity index (χ1v) is 26.2. The quantitative estimate of drug-likeness (QED) is 0.0885. The van der Waals surface area contributed by atoms with E-state index in [-0.39, 0.29) is 28.2 Å². The van der Waals surface area contributed by atoms with Gasteiger partial charge >= 0.3 is 0 Å². The van der Waals surface area contributed by atoms with Gasteiger partial charge < -0.3 is 28.5 Å². The minimum Gasteiger partial charge on any atom is -0.497 e. The molecule has 2 fully saturated rings. The lowest BCUT2D eigenvalue weighted by atomic mass is 9.71. The van der Waals surface area contributed by atoms with E-state index >= 15 is 0 Å². The van der Waals surface area contributed by atoms with Crippen LogP contribution < -0.4 is 4.74 Å². The largest absolute Gasteiger partial charge is 0.497 e. The molecule has 0 bridgehead atoms. The fourth-order valence-electron chi connectivity index (χ4n) is 8.75. The van der Waals surface area contributed by atoms with Crippen molar-refractivity contribution in [1.82, 2.24) is 0 Å². The van der Waals surface area contributed by atoms with Gasteiger partial charge in [-0.15, -0.1) is 0 Å². The van der Waals surface area contributed by atoms with E-state index in [0.29, 0.717) is 55.3 Å². The highest BCUT2D eigenvalue weighted by Crippen LogP contribution is 2.57. The summed E-state index contributed by atoms with van der Waals surface area (Å²) in [5.74, 6) is 3.65. The van der Waals surface area contributed by atoms with Crippen LogP contribution in [0.4, 0.5) is 0 Å². The molecule has 51 heavy (non-hydrogen) atoms. The van der Waals surface area contributed by atoms with E-state index in [2.05, 4.69) is 92.0 Å².